The molecule has 0 unspecified atom stereocenters. The van der Waals surface area contributed by atoms with Gasteiger partial charge in [-0.1, -0.05) is 27.7 Å². The van der Waals surface area contributed by atoms with E-state index in [9.17, 15) is 9.59 Å². The molecule has 0 bridgehead atoms. The predicted molar refractivity (Wildman–Crippen MR) is 84.7 cm³/mol. The number of nitrogens with two attached hydrogens (primary N) is 1. The smallest absolute Gasteiger partial charge is 0.307 e. The van der Waals surface area contributed by atoms with Gasteiger partial charge in [-0.3, -0.25) is 9.59 Å². The second kappa shape index (κ2) is 10.6. The Kier molecular flexibility index (Phi) is 10.0. The Balaban J connectivity index is 4.57. The first-order valence-electron chi connectivity index (χ1n) is 7.84. The number of carbonyl (C=O) groups is 2. The van der Waals surface area contributed by atoms with Crippen LogP contribution in [0.2, 0.25) is 0 Å². The molecular weight excluding hydrogens is 268 g/mol. The maximum Gasteiger partial charge on any atom is 0.307 e. The van der Waals surface area contributed by atoms with Crippen molar-refractivity contribution in [2.45, 2.75) is 47.0 Å². The van der Waals surface area contributed by atoms with Crippen LogP contribution >= 0.6 is 0 Å². The van der Waals surface area contributed by atoms with Crippen molar-refractivity contribution in [3.63, 3.8) is 0 Å². The topological polar surface area (TPSA) is 72.6 Å². The Labute approximate surface area is 129 Å². The van der Waals surface area contributed by atoms with Gasteiger partial charge in [-0.2, -0.15) is 0 Å². The Hall–Kier alpha value is -1.10. The molecule has 0 aliphatic rings. The van der Waals surface area contributed by atoms with Crippen molar-refractivity contribution in [2.75, 3.05) is 26.7 Å². The molecule has 0 fully saturated rings. The van der Waals surface area contributed by atoms with Crippen LogP contribution in [-0.4, -0.2) is 43.5 Å². The Morgan fingerprint density at radius 1 is 1.14 bits per heavy atom. The average molecular weight is 300 g/mol. The molecule has 0 aromatic heterocycles. The molecule has 0 heterocycles. The third kappa shape index (κ3) is 9.45. The van der Waals surface area contributed by atoms with Crippen LogP contribution in [0.5, 0.6) is 0 Å². The highest BCUT2D eigenvalue weighted by Gasteiger charge is 2.20. The third-order valence-corrected chi connectivity index (χ3v) is 3.35. The number of methoxy groups -OCH3 is 1. The van der Waals surface area contributed by atoms with Crippen LogP contribution in [0, 0.1) is 17.8 Å². The standard InChI is InChI=1S/C16H32N2O3/c1-12(2)8-14(10-17)9-15(19)18(11-13(3)4)7-6-16(20)21-5/h12-14H,6-11,17H2,1-5H3/t14-/m0/s1. The summed E-state index contributed by atoms with van der Waals surface area (Å²) in [5.41, 5.74) is 5.77. The van der Waals surface area contributed by atoms with E-state index in [-0.39, 0.29) is 24.2 Å². The zero-order valence-corrected chi connectivity index (χ0v) is 14.2. The summed E-state index contributed by atoms with van der Waals surface area (Å²) in [4.78, 5) is 25.5. The fraction of sp³-hybridized carbons (Fsp3) is 0.875. The molecule has 1 atom stereocenters. The van der Waals surface area contributed by atoms with Crippen LogP contribution in [-0.2, 0) is 14.3 Å². The number of ether oxygens (including phenoxy) is 1. The van der Waals surface area contributed by atoms with Crippen molar-refractivity contribution < 1.29 is 14.3 Å². The van der Waals surface area contributed by atoms with Gasteiger partial charge in [-0.25, -0.2) is 0 Å². The molecule has 5 heteroatoms. The summed E-state index contributed by atoms with van der Waals surface area (Å²) in [7, 11) is 1.37. The molecule has 0 spiro atoms. The van der Waals surface area contributed by atoms with Gasteiger partial charge in [-0.15, -0.1) is 0 Å². The lowest BCUT2D eigenvalue weighted by Gasteiger charge is -2.26. The van der Waals surface area contributed by atoms with Crippen LogP contribution in [0.4, 0.5) is 0 Å². The molecule has 5 nitrogen and oxygen atoms in total. The van der Waals surface area contributed by atoms with Gasteiger partial charge in [0.1, 0.15) is 0 Å². The largest absolute Gasteiger partial charge is 0.469 e. The number of amides is 1. The summed E-state index contributed by atoms with van der Waals surface area (Å²) in [6, 6.07) is 0. The minimum absolute atomic E-state index is 0.0868. The average Bonchev–Trinajstić information content (AvgIpc) is 2.40. The fourth-order valence-corrected chi connectivity index (χ4v) is 2.39. The van der Waals surface area contributed by atoms with E-state index in [1.165, 1.54) is 7.11 Å². The maximum absolute atomic E-state index is 12.4. The first-order valence-corrected chi connectivity index (χ1v) is 7.84. The van der Waals surface area contributed by atoms with E-state index in [1.54, 1.807) is 4.90 Å². The van der Waals surface area contributed by atoms with Crippen LogP contribution < -0.4 is 5.73 Å². The summed E-state index contributed by atoms with van der Waals surface area (Å²) < 4.78 is 4.64. The zero-order chi connectivity index (χ0) is 16.4. The molecular formula is C16H32N2O3. The van der Waals surface area contributed by atoms with Crippen molar-refractivity contribution in [1.29, 1.82) is 0 Å². The van der Waals surface area contributed by atoms with Crippen molar-refractivity contribution in [3.8, 4) is 0 Å². The fourth-order valence-electron chi connectivity index (χ4n) is 2.39. The summed E-state index contributed by atoms with van der Waals surface area (Å²) in [6.07, 6.45) is 1.66. The second-order valence-corrected chi connectivity index (χ2v) is 6.50. The van der Waals surface area contributed by atoms with Gasteiger partial charge < -0.3 is 15.4 Å². The lowest BCUT2D eigenvalue weighted by Crippen LogP contribution is -2.38. The van der Waals surface area contributed by atoms with Gasteiger partial charge >= 0.3 is 5.97 Å². The minimum atomic E-state index is -0.283. The first kappa shape index (κ1) is 19.9. The molecule has 0 aliphatic heterocycles. The first-order chi connectivity index (χ1) is 9.79. The van der Waals surface area contributed by atoms with E-state index in [0.29, 0.717) is 37.9 Å². The van der Waals surface area contributed by atoms with Crippen molar-refractivity contribution >= 4 is 11.9 Å². The van der Waals surface area contributed by atoms with Gasteiger partial charge in [-0.05, 0) is 30.7 Å². The van der Waals surface area contributed by atoms with Gasteiger partial charge in [0.2, 0.25) is 5.91 Å². The summed E-state index contributed by atoms with van der Waals surface area (Å²) in [5.74, 6) is 0.913. The van der Waals surface area contributed by atoms with Crippen LogP contribution in [0.15, 0.2) is 0 Å². The van der Waals surface area contributed by atoms with Gasteiger partial charge in [0.15, 0.2) is 0 Å². The van der Waals surface area contributed by atoms with Gasteiger partial charge in [0.05, 0.1) is 13.5 Å². The second-order valence-electron chi connectivity index (χ2n) is 6.50. The van der Waals surface area contributed by atoms with E-state index in [2.05, 4.69) is 32.4 Å². The molecule has 0 aromatic carbocycles. The highest BCUT2D eigenvalue weighted by molar-refractivity contribution is 5.77. The molecule has 0 radical (unpaired) electrons. The summed E-state index contributed by atoms with van der Waals surface area (Å²) in [6.45, 7) is 10.0. The molecule has 0 aromatic rings. The normalized spacial score (nSPS) is 12.6. The highest BCUT2D eigenvalue weighted by atomic mass is 16.5. The van der Waals surface area contributed by atoms with E-state index in [4.69, 9.17) is 5.73 Å². The number of rotatable bonds is 10. The lowest BCUT2D eigenvalue weighted by molar-refractivity contribution is -0.142. The van der Waals surface area contributed by atoms with Crippen molar-refractivity contribution in [3.05, 3.63) is 0 Å². The van der Waals surface area contributed by atoms with E-state index in [0.717, 1.165) is 6.42 Å². The Bertz CT molecular complexity index is 317. The zero-order valence-electron chi connectivity index (χ0n) is 14.2. The number of esters is 1. The number of hydrogen-bond donors (Lipinski definition) is 1. The molecule has 0 aliphatic carbocycles. The number of carbonyl (C=O) groups excluding carboxylic acids is 2. The van der Waals surface area contributed by atoms with Crippen LogP contribution in [0.1, 0.15) is 47.0 Å². The van der Waals surface area contributed by atoms with Crippen LogP contribution in [0.3, 0.4) is 0 Å². The van der Waals surface area contributed by atoms with Crippen LogP contribution in [0.25, 0.3) is 0 Å². The molecule has 0 saturated carbocycles. The molecule has 0 rings (SSSR count). The number of nitrogens with zero attached hydrogens (tertiary/aromatic N) is 1. The molecule has 1 amide bonds. The van der Waals surface area contributed by atoms with Crippen molar-refractivity contribution in [2.24, 2.45) is 23.5 Å². The number of hydrogen-bond acceptors (Lipinski definition) is 4. The molecule has 124 valence electrons. The molecule has 2 N–H and O–H groups in total. The lowest BCUT2D eigenvalue weighted by atomic mass is 9.93. The quantitative estimate of drug-likeness (QED) is 0.627. The summed E-state index contributed by atoms with van der Waals surface area (Å²) in [5, 5.41) is 0. The predicted octanol–water partition coefficient (Wildman–Crippen LogP) is 2.05. The Morgan fingerprint density at radius 3 is 2.19 bits per heavy atom. The maximum atomic E-state index is 12.4. The SMILES string of the molecule is COC(=O)CCN(CC(C)C)C(=O)C[C@@H](CN)CC(C)C. The van der Waals surface area contributed by atoms with E-state index in [1.807, 2.05) is 0 Å². The molecule has 0 saturated heterocycles. The van der Waals surface area contributed by atoms with E-state index >= 15 is 0 Å². The molecule has 21 heavy (non-hydrogen) atoms. The third-order valence-electron chi connectivity index (χ3n) is 3.35. The van der Waals surface area contributed by atoms with Gasteiger partial charge in [0.25, 0.3) is 0 Å². The summed E-state index contributed by atoms with van der Waals surface area (Å²) >= 11 is 0. The van der Waals surface area contributed by atoms with Crippen molar-refractivity contribution in [1.82, 2.24) is 4.90 Å². The van der Waals surface area contributed by atoms with Gasteiger partial charge in [0, 0.05) is 19.5 Å². The Morgan fingerprint density at radius 2 is 1.76 bits per heavy atom. The highest BCUT2D eigenvalue weighted by Crippen LogP contribution is 2.16. The van der Waals surface area contributed by atoms with E-state index < -0.39 is 0 Å². The minimum Gasteiger partial charge on any atom is -0.469 e. The monoisotopic (exact) mass is 300 g/mol.